The first-order valence-electron chi connectivity index (χ1n) is 4.25. The standard InChI is InChI=1S/C8H16N2O/c1-8(2)3-5-4-10-7(9)6(5)11-8/h5-7,10H,3-4,9H2,1-2H3. The third-order valence-electron chi connectivity index (χ3n) is 2.64. The van der Waals surface area contributed by atoms with Crippen LogP contribution in [0.25, 0.3) is 0 Å². The summed E-state index contributed by atoms with van der Waals surface area (Å²) in [6, 6.07) is 0. The van der Waals surface area contributed by atoms with Crippen molar-refractivity contribution in [1.82, 2.24) is 5.32 Å². The summed E-state index contributed by atoms with van der Waals surface area (Å²) < 4.78 is 5.80. The molecule has 0 aromatic heterocycles. The van der Waals surface area contributed by atoms with Gasteiger partial charge >= 0.3 is 0 Å². The van der Waals surface area contributed by atoms with Crippen molar-refractivity contribution in [2.45, 2.75) is 38.1 Å². The minimum atomic E-state index is 0.0506. The highest BCUT2D eigenvalue weighted by Crippen LogP contribution is 2.37. The number of fused-ring (bicyclic) bond motifs is 1. The van der Waals surface area contributed by atoms with Crippen molar-refractivity contribution in [2.75, 3.05) is 6.54 Å². The molecule has 0 spiro atoms. The van der Waals surface area contributed by atoms with Gasteiger partial charge in [0.05, 0.1) is 17.9 Å². The highest BCUT2D eigenvalue weighted by Gasteiger charge is 2.46. The summed E-state index contributed by atoms with van der Waals surface area (Å²) in [5.41, 5.74) is 5.86. The summed E-state index contributed by atoms with van der Waals surface area (Å²) in [7, 11) is 0. The van der Waals surface area contributed by atoms with E-state index < -0.39 is 0 Å². The molecule has 2 aliphatic rings. The molecule has 2 rings (SSSR count). The van der Waals surface area contributed by atoms with E-state index in [2.05, 4.69) is 19.2 Å². The van der Waals surface area contributed by atoms with Crippen LogP contribution >= 0.6 is 0 Å². The fraction of sp³-hybridized carbons (Fsp3) is 1.00. The van der Waals surface area contributed by atoms with E-state index in [0.717, 1.165) is 13.0 Å². The van der Waals surface area contributed by atoms with Crippen LogP contribution in [0.1, 0.15) is 20.3 Å². The van der Waals surface area contributed by atoms with Crippen molar-refractivity contribution in [1.29, 1.82) is 0 Å². The first-order valence-corrected chi connectivity index (χ1v) is 4.25. The van der Waals surface area contributed by atoms with Gasteiger partial charge in [0.2, 0.25) is 0 Å². The average molecular weight is 156 g/mol. The highest BCUT2D eigenvalue weighted by atomic mass is 16.5. The SMILES string of the molecule is CC1(C)CC2CNC(N)C2O1. The van der Waals surface area contributed by atoms with Crippen LogP contribution in [-0.2, 0) is 4.74 Å². The van der Waals surface area contributed by atoms with Crippen molar-refractivity contribution >= 4 is 0 Å². The predicted molar refractivity (Wildman–Crippen MR) is 43.0 cm³/mol. The Hall–Kier alpha value is -0.120. The summed E-state index contributed by atoms with van der Waals surface area (Å²) in [5, 5.41) is 3.21. The minimum absolute atomic E-state index is 0.0506. The van der Waals surface area contributed by atoms with E-state index in [-0.39, 0.29) is 17.9 Å². The quantitative estimate of drug-likeness (QED) is 0.521. The number of nitrogens with two attached hydrogens (primary N) is 1. The monoisotopic (exact) mass is 156 g/mol. The first-order chi connectivity index (χ1) is 5.08. The van der Waals surface area contributed by atoms with Gasteiger partial charge in [-0.1, -0.05) is 0 Å². The summed E-state index contributed by atoms with van der Waals surface area (Å²) in [6.45, 7) is 5.30. The summed E-state index contributed by atoms with van der Waals surface area (Å²) in [6.07, 6.45) is 1.45. The molecule has 0 aromatic carbocycles. The molecule has 2 saturated heterocycles. The van der Waals surface area contributed by atoms with E-state index >= 15 is 0 Å². The van der Waals surface area contributed by atoms with Gasteiger partial charge in [0.15, 0.2) is 0 Å². The predicted octanol–water partition coefficient (Wildman–Crippen LogP) is 0.0581. The van der Waals surface area contributed by atoms with Crippen LogP contribution in [0.5, 0.6) is 0 Å². The molecule has 0 radical (unpaired) electrons. The Balaban J connectivity index is 2.10. The zero-order valence-electron chi connectivity index (χ0n) is 7.13. The second-order valence-corrected chi connectivity index (χ2v) is 4.24. The molecule has 11 heavy (non-hydrogen) atoms. The molecular weight excluding hydrogens is 140 g/mol. The number of rotatable bonds is 0. The topological polar surface area (TPSA) is 47.3 Å². The lowest BCUT2D eigenvalue weighted by atomic mass is 9.96. The summed E-state index contributed by atoms with van der Waals surface area (Å²) >= 11 is 0. The first kappa shape index (κ1) is 7.53. The fourth-order valence-corrected chi connectivity index (χ4v) is 2.22. The Kier molecular flexibility index (Phi) is 1.50. The van der Waals surface area contributed by atoms with Crippen LogP contribution in [-0.4, -0.2) is 24.4 Å². The second-order valence-electron chi connectivity index (χ2n) is 4.24. The van der Waals surface area contributed by atoms with Crippen molar-refractivity contribution in [2.24, 2.45) is 11.7 Å². The van der Waals surface area contributed by atoms with Gasteiger partial charge in [-0.05, 0) is 20.3 Å². The zero-order valence-corrected chi connectivity index (χ0v) is 7.13. The van der Waals surface area contributed by atoms with E-state index in [0.29, 0.717) is 5.92 Å². The maximum Gasteiger partial charge on any atom is 0.0905 e. The Morgan fingerprint density at radius 3 is 2.91 bits per heavy atom. The molecule has 3 N–H and O–H groups in total. The van der Waals surface area contributed by atoms with Crippen LogP contribution in [0.2, 0.25) is 0 Å². The Morgan fingerprint density at radius 1 is 1.55 bits per heavy atom. The summed E-state index contributed by atoms with van der Waals surface area (Å²) in [4.78, 5) is 0. The van der Waals surface area contributed by atoms with Crippen LogP contribution in [0.4, 0.5) is 0 Å². The molecule has 0 amide bonds. The lowest BCUT2D eigenvalue weighted by molar-refractivity contribution is -0.0259. The maximum atomic E-state index is 5.80. The minimum Gasteiger partial charge on any atom is -0.369 e. The number of hydrogen-bond acceptors (Lipinski definition) is 3. The van der Waals surface area contributed by atoms with Crippen molar-refractivity contribution in [3.8, 4) is 0 Å². The van der Waals surface area contributed by atoms with Gasteiger partial charge in [0.1, 0.15) is 0 Å². The van der Waals surface area contributed by atoms with Gasteiger partial charge in [-0.25, -0.2) is 0 Å². The van der Waals surface area contributed by atoms with E-state index in [1.165, 1.54) is 0 Å². The number of hydrogen-bond donors (Lipinski definition) is 2. The molecule has 0 saturated carbocycles. The molecule has 2 fully saturated rings. The molecule has 3 heteroatoms. The molecular formula is C8H16N2O. The smallest absolute Gasteiger partial charge is 0.0905 e. The van der Waals surface area contributed by atoms with Crippen LogP contribution in [0, 0.1) is 5.92 Å². The molecule has 64 valence electrons. The van der Waals surface area contributed by atoms with E-state index in [1.807, 2.05) is 0 Å². The van der Waals surface area contributed by atoms with E-state index in [1.54, 1.807) is 0 Å². The highest BCUT2D eigenvalue weighted by molar-refractivity contribution is 4.97. The molecule has 3 unspecified atom stereocenters. The maximum absolute atomic E-state index is 5.80. The lowest BCUT2D eigenvalue weighted by Crippen LogP contribution is -2.41. The largest absolute Gasteiger partial charge is 0.369 e. The van der Waals surface area contributed by atoms with Gasteiger partial charge in [-0.3, -0.25) is 5.32 Å². The van der Waals surface area contributed by atoms with Crippen molar-refractivity contribution < 1.29 is 4.74 Å². The van der Waals surface area contributed by atoms with Crippen LogP contribution < -0.4 is 11.1 Å². The number of ether oxygens (including phenoxy) is 1. The van der Waals surface area contributed by atoms with Gasteiger partial charge in [-0.2, -0.15) is 0 Å². The third-order valence-corrected chi connectivity index (χ3v) is 2.64. The Bertz CT molecular complexity index is 169. The Morgan fingerprint density at radius 2 is 2.27 bits per heavy atom. The molecule has 2 heterocycles. The second kappa shape index (κ2) is 2.19. The Labute approximate surface area is 67.3 Å². The molecule has 3 atom stereocenters. The van der Waals surface area contributed by atoms with E-state index in [4.69, 9.17) is 10.5 Å². The summed E-state index contributed by atoms with van der Waals surface area (Å²) in [5.74, 6) is 0.639. The zero-order chi connectivity index (χ0) is 8.06. The van der Waals surface area contributed by atoms with E-state index in [9.17, 15) is 0 Å². The van der Waals surface area contributed by atoms with Crippen LogP contribution in [0.15, 0.2) is 0 Å². The molecule has 0 bridgehead atoms. The molecule has 3 nitrogen and oxygen atoms in total. The molecule has 0 aliphatic carbocycles. The van der Waals surface area contributed by atoms with Gasteiger partial charge in [0.25, 0.3) is 0 Å². The molecule has 0 aromatic rings. The van der Waals surface area contributed by atoms with Gasteiger partial charge in [-0.15, -0.1) is 0 Å². The van der Waals surface area contributed by atoms with Gasteiger partial charge < -0.3 is 10.5 Å². The van der Waals surface area contributed by atoms with Crippen LogP contribution in [0.3, 0.4) is 0 Å². The van der Waals surface area contributed by atoms with Crippen molar-refractivity contribution in [3.05, 3.63) is 0 Å². The van der Waals surface area contributed by atoms with Crippen molar-refractivity contribution in [3.63, 3.8) is 0 Å². The van der Waals surface area contributed by atoms with Gasteiger partial charge in [0, 0.05) is 12.5 Å². The normalized spacial score (nSPS) is 47.7. The molecule has 2 aliphatic heterocycles. The lowest BCUT2D eigenvalue weighted by Gasteiger charge is -2.21. The third kappa shape index (κ3) is 1.17. The fourth-order valence-electron chi connectivity index (χ4n) is 2.22. The number of nitrogens with one attached hydrogen (secondary N) is 1. The average Bonchev–Trinajstić information content (AvgIpc) is 2.31.